The first-order chi connectivity index (χ1) is 19.5. The first-order valence-electron chi connectivity index (χ1n) is 13.4. The maximum atomic E-state index is 13.2. The third kappa shape index (κ3) is 8.79. The van der Waals surface area contributed by atoms with Crippen LogP contribution in [0.3, 0.4) is 0 Å². The van der Waals surface area contributed by atoms with Gasteiger partial charge in [-0.2, -0.15) is 0 Å². The van der Waals surface area contributed by atoms with Crippen LogP contribution in [-0.4, -0.2) is 53.1 Å². The zero-order valence-corrected chi connectivity index (χ0v) is 23.7. The number of benzene rings is 3. The summed E-state index contributed by atoms with van der Waals surface area (Å²) in [5.74, 6) is -0.305. The van der Waals surface area contributed by atoms with Gasteiger partial charge in [0.15, 0.2) is 16.5 Å². The van der Waals surface area contributed by atoms with Crippen LogP contribution in [0.1, 0.15) is 30.5 Å². The van der Waals surface area contributed by atoms with Gasteiger partial charge in [0.25, 0.3) is 0 Å². The number of hydrogen-bond acceptors (Lipinski definition) is 7. The smallest absolute Gasteiger partial charge is 0.217 e. The molecule has 9 heteroatoms. The molecule has 8 nitrogen and oxygen atoms in total. The van der Waals surface area contributed by atoms with E-state index in [9.17, 15) is 9.00 Å². The highest BCUT2D eigenvalue weighted by Gasteiger charge is 2.50. The molecule has 1 aliphatic heterocycles. The fourth-order valence-corrected chi connectivity index (χ4v) is 5.64. The van der Waals surface area contributed by atoms with Gasteiger partial charge in [-0.05, 0) is 23.6 Å². The van der Waals surface area contributed by atoms with Crippen molar-refractivity contribution in [3.05, 3.63) is 108 Å². The molecule has 1 aliphatic rings. The zero-order valence-electron chi connectivity index (χ0n) is 22.8. The van der Waals surface area contributed by atoms with Crippen molar-refractivity contribution in [2.45, 2.75) is 63.5 Å². The van der Waals surface area contributed by atoms with Crippen molar-refractivity contribution in [3.8, 4) is 0 Å². The topological polar surface area (TPSA) is 92.3 Å². The molecule has 0 saturated carbocycles. The fraction of sp³-hybridized carbons (Fsp3) is 0.387. The molecule has 0 spiro atoms. The van der Waals surface area contributed by atoms with Gasteiger partial charge in [0, 0.05) is 6.92 Å². The molecule has 3 aromatic carbocycles. The van der Waals surface area contributed by atoms with Gasteiger partial charge in [0.1, 0.15) is 18.3 Å². The summed E-state index contributed by atoms with van der Waals surface area (Å²) >= 11 is -1.87. The van der Waals surface area contributed by atoms with Gasteiger partial charge in [-0.1, -0.05) is 91.0 Å². The van der Waals surface area contributed by atoms with E-state index in [0.29, 0.717) is 13.2 Å². The maximum Gasteiger partial charge on any atom is 0.217 e. The number of ether oxygens (including phenoxy) is 4. The molecule has 1 fully saturated rings. The number of carbonyl (C=O) groups excluding carboxylic acids is 1. The summed E-state index contributed by atoms with van der Waals surface area (Å²) in [4.78, 5) is 12.3. The molecule has 214 valence electrons. The lowest BCUT2D eigenvalue weighted by Gasteiger charge is -2.45. The minimum Gasteiger partial charge on any atom is -0.374 e. The molecule has 0 aromatic heterocycles. The Bertz CT molecular complexity index is 1180. The van der Waals surface area contributed by atoms with Crippen molar-refractivity contribution in [2.24, 2.45) is 0 Å². The van der Waals surface area contributed by atoms with Gasteiger partial charge in [0.2, 0.25) is 5.91 Å². The molecule has 0 bridgehead atoms. The second kappa shape index (κ2) is 15.8. The number of rotatable bonds is 14. The second-order valence-corrected chi connectivity index (χ2v) is 10.7. The van der Waals surface area contributed by atoms with E-state index >= 15 is 0 Å². The van der Waals surface area contributed by atoms with E-state index in [-0.39, 0.29) is 25.7 Å². The average molecular weight is 568 g/mol. The van der Waals surface area contributed by atoms with Crippen LogP contribution in [0.4, 0.5) is 0 Å². The first kappa shape index (κ1) is 30.0. The normalized spacial score (nSPS) is 23.4. The molecular weight excluding hydrogens is 530 g/mol. The molecule has 0 aliphatic carbocycles. The third-order valence-electron chi connectivity index (χ3n) is 6.40. The van der Waals surface area contributed by atoms with Crippen LogP contribution in [0.2, 0.25) is 0 Å². The molecule has 1 amide bonds. The SMILES string of the molecule is CCOS(=O)[C@H]1O[C@H](COCc2ccccc2)[C@@H](OCc2ccccc2)[C@H](OCc2ccccc2)[C@H]1NC(C)=O. The number of carbonyl (C=O) groups is 1. The van der Waals surface area contributed by atoms with Crippen LogP contribution < -0.4 is 5.32 Å². The van der Waals surface area contributed by atoms with Crippen molar-refractivity contribution < 1.29 is 32.1 Å². The van der Waals surface area contributed by atoms with Gasteiger partial charge in [-0.25, -0.2) is 4.21 Å². The number of nitrogens with one attached hydrogen (secondary N) is 1. The van der Waals surface area contributed by atoms with Crippen molar-refractivity contribution in [2.75, 3.05) is 13.2 Å². The molecule has 6 atom stereocenters. The van der Waals surface area contributed by atoms with Crippen LogP contribution in [0.5, 0.6) is 0 Å². The number of amides is 1. The Balaban J connectivity index is 1.63. The Morgan fingerprint density at radius 2 is 1.30 bits per heavy atom. The van der Waals surface area contributed by atoms with Gasteiger partial charge >= 0.3 is 0 Å². The molecule has 4 rings (SSSR count). The largest absolute Gasteiger partial charge is 0.374 e. The number of hydrogen-bond donors (Lipinski definition) is 1. The Kier molecular flexibility index (Phi) is 11.8. The summed E-state index contributed by atoms with van der Waals surface area (Å²) in [6.07, 6.45) is -2.00. The first-order valence-corrected chi connectivity index (χ1v) is 14.6. The van der Waals surface area contributed by atoms with E-state index in [1.54, 1.807) is 6.92 Å². The highest BCUT2D eigenvalue weighted by Crippen LogP contribution is 2.30. The predicted octanol–water partition coefficient (Wildman–Crippen LogP) is 4.30. The van der Waals surface area contributed by atoms with E-state index in [0.717, 1.165) is 16.7 Å². The lowest BCUT2D eigenvalue weighted by atomic mass is 9.97. The van der Waals surface area contributed by atoms with Crippen molar-refractivity contribution in [1.82, 2.24) is 5.32 Å². The maximum absolute atomic E-state index is 13.2. The van der Waals surface area contributed by atoms with E-state index < -0.39 is 40.9 Å². The third-order valence-corrected chi connectivity index (χ3v) is 7.66. The Morgan fingerprint density at radius 1 is 0.800 bits per heavy atom. The van der Waals surface area contributed by atoms with Crippen molar-refractivity contribution in [3.63, 3.8) is 0 Å². The highest BCUT2D eigenvalue weighted by atomic mass is 32.2. The van der Waals surface area contributed by atoms with Gasteiger partial charge < -0.3 is 24.3 Å². The minimum atomic E-state index is -1.87. The van der Waals surface area contributed by atoms with Crippen molar-refractivity contribution in [1.29, 1.82) is 0 Å². The standard InChI is InChI=1S/C31H37NO7S/c1-3-38-40(34)31-28(32-23(2)33)30(37-21-26-17-11-6-12-18-26)29(36-20-25-15-9-5-10-16-25)27(39-31)22-35-19-24-13-7-4-8-14-24/h4-18,27-31H,3,19-22H2,1-2H3,(H,32,33)/t27-,28-,29-,30-,31-,40?/m1/s1. The Morgan fingerprint density at radius 3 is 1.80 bits per heavy atom. The van der Waals surface area contributed by atoms with Crippen LogP contribution in [0, 0.1) is 0 Å². The van der Waals surface area contributed by atoms with Gasteiger partial charge in [0.05, 0.1) is 39.1 Å². The van der Waals surface area contributed by atoms with Gasteiger partial charge in [-0.3, -0.25) is 8.98 Å². The molecule has 40 heavy (non-hydrogen) atoms. The summed E-state index contributed by atoms with van der Waals surface area (Å²) in [6, 6.07) is 28.5. The molecule has 3 aromatic rings. The predicted molar refractivity (Wildman–Crippen MR) is 152 cm³/mol. The average Bonchev–Trinajstić information content (AvgIpc) is 2.97. The lowest BCUT2D eigenvalue weighted by molar-refractivity contribution is -0.217. The monoisotopic (exact) mass is 567 g/mol. The zero-order chi connectivity index (χ0) is 28.2. The van der Waals surface area contributed by atoms with Crippen LogP contribution >= 0.6 is 0 Å². The molecule has 1 heterocycles. The van der Waals surface area contributed by atoms with Crippen LogP contribution in [0.15, 0.2) is 91.0 Å². The van der Waals surface area contributed by atoms with Crippen LogP contribution in [-0.2, 0) is 58.8 Å². The molecule has 1 N–H and O–H groups in total. The second-order valence-electron chi connectivity index (χ2n) is 9.46. The fourth-order valence-electron chi connectivity index (χ4n) is 4.57. The lowest BCUT2D eigenvalue weighted by Crippen LogP contribution is -2.66. The Labute approximate surface area is 238 Å². The van der Waals surface area contributed by atoms with E-state index in [1.807, 2.05) is 91.0 Å². The van der Waals surface area contributed by atoms with E-state index in [2.05, 4.69) is 5.32 Å². The minimum absolute atomic E-state index is 0.159. The summed E-state index contributed by atoms with van der Waals surface area (Å²) in [7, 11) is 0. The summed E-state index contributed by atoms with van der Waals surface area (Å²) < 4.78 is 44.0. The van der Waals surface area contributed by atoms with E-state index in [4.69, 9.17) is 23.1 Å². The van der Waals surface area contributed by atoms with Gasteiger partial charge in [-0.15, -0.1) is 0 Å². The molecule has 0 radical (unpaired) electrons. The Hall–Kier alpha value is -2.92. The summed E-state index contributed by atoms with van der Waals surface area (Å²) in [6.45, 7) is 4.47. The van der Waals surface area contributed by atoms with E-state index in [1.165, 1.54) is 6.92 Å². The van der Waals surface area contributed by atoms with Crippen molar-refractivity contribution >= 4 is 17.0 Å². The molecular formula is C31H37NO7S. The molecule has 1 saturated heterocycles. The van der Waals surface area contributed by atoms with Crippen LogP contribution in [0.25, 0.3) is 0 Å². The molecule has 1 unspecified atom stereocenters. The highest BCUT2D eigenvalue weighted by molar-refractivity contribution is 7.80. The quantitative estimate of drug-likeness (QED) is 0.311. The summed E-state index contributed by atoms with van der Waals surface area (Å²) in [5.41, 5.74) is 1.95. The summed E-state index contributed by atoms with van der Waals surface area (Å²) in [5, 5.41) is 2.91.